The molecule has 1 aromatic rings. The summed E-state index contributed by atoms with van der Waals surface area (Å²) in [5.74, 6) is -12.9. The van der Waals surface area contributed by atoms with E-state index >= 15 is 4.39 Å². The number of nitrogens with two attached hydrogens (primary N) is 1. The lowest BCUT2D eigenvalue weighted by molar-refractivity contribution is -0.182. The van der Waals surface area contributed by atoms with Gasteiger partial charge >= 0.3 is 0 Å². The number of primary amides is 1. The Labute approximate surface area is 170 Å². The number of alkyl halides is 1. The third kappa shape index (κ3) is 2.32. The van der Waals surface area contributed by atoms with Crippen molar-refractivity contribution in [2.45, 2.75) is 38.5 Å². The number of phenols is 1. The first-order chi connectivity index (χ1) is 13.9. The molecule has 8 nitrogen and oxygen atoms in total. The molecule has 0 aliphatic heterocycles. The number of aryl methyl sites for hydroxylation is 2. The van der Waals surface area contributed by atoms with E-state index in [9.17, 15) is 34.2 Å². The van der Waals surface area contributed by atoms with E-state index in [-0.39, 0.29) is 17.7 Å². The number of aromatic hydroxyl groups is 1. The first-order valence-electron chi connectivity index (χ1n) is 9.56. The van der Waals surface area contributed by atoms with Gasteiger partial charge in [0, 0.05) is 18.3 Å². The molecule has 0 saturated heterocycles. The summed E-state index contributed by atoms with van der Waals surface area (Å²) >= 11 is 0. The van der Waals surface area contributed by atoms with Crippen LogP contribution in [-0.2, 0) is 25.6 Å². The van der Waals surface area contributed by atoms with Gasteiger partial charge in [-0.2, -0.15) is 0 Å². The molecule has 2 saturated carbocycles. The van der Waals surface area contributed by atoms with E-state index in [1.54, 1.807) is 19.9 Å². The van der Waals surface area contributed by atoms with Crippen LogP contribution >= 0.6 is 0 Å². The Morgan fingerprint density at radius 3 is 2.37 bits per heavy atom. The van der Waals surface area contributed by atoms with Gasteiger partial charge in [0.2, 0.25) is 5.91 Å². The first kappa shape index (κ1) is 20.3. The molecule has 1 amide bonds. The van der Waals surface area contributed by atoms with Crippen molar-refractivity contribution in [1.82, 2.24) is 0 Å². The number of fused-ring (bicyclic) bond motifs is 3. The zero-order valence-corrected chi connectivity index (χ0v) is 16.3. The van der Waals surface area contributed by atoms with Crippen LogP contribution in [0.1, 0.15) is 33.5 Å². The number of rotatable bonds is 1. The number of hydrogen-bond donors (Lipinski definition) is 3. The van der Waals surface area contributed by atoms with Gasteiger partial charge in [-0.1, -0.05) is 6.07 Å². The predicted molar refractivity (Wildman–Crippen MR) is 98.3 cm³/mol. The highest BCUT2D eigenvalue weighted by molar-refractivity contribution is 6.31. The number of phenolic OH excluding ortho intramolecular Hbond substituents is 1. The fourth-order valence-electron chi connectivity index (χ4n) is 5.36. The Morgan fingerprint density at radius 1 is 1.13 bits per heavy atom. The number of Topliss-reactive ketones (excluding diaryl/α,β-unsaturated/α-hetero) is 4. The van der Waals surface area contributed by atoms with E-state index in [2.05, 4.69) is 0 Å². The maximum atomic E-state index is 15.6. The summed E-state index contributed by atoms with van der Waals surface area (Å²) in [6.45, 7) is 3.26. The van der Waals surface area contributed by atoms with Crippen LogP contribution in [0.4, 0.5) is 4.39 Å². The molecule has 158 valence electrons. The summed E-state index contributed by atoms with van der Waals surface area (Å²) in [7, 11) is 0. The maximum absolute atomic E-state index is 15.6. The summed E-state index contributed by atoms with van der Waals surface area (Å²) in [6.07, 6.45) is -2.82. The van der Waals surface area contributed by atoms with Gasteiger partial charge in [-0.15, -0.1) is 0 Å². The minimum atomic E-state index is -3.00. The molecule has 0 spiro atoms. The fraction of sp³-hybridized carbons (Fsp3) is 0.476. The number of benzene rings is 1. The zero-order valence-electron chi connectivity index (χ0n) is 16.3. The molecule has 9 heteroatoms. The molecule has 30 heavy (non-hydrogen) atoms. The van der Waals surface area contributed by atoms with Crippen molar-refractivity contribution in [3.8, 4) is 5.75 Å². The summed E-state index contributed by atoms with van der Waals surface area (Å²) in [5, 5.41) is 21.4. The van der Waals surface area contributed by atoms with Gasteiger partial charge < -0.3 is 15.9 Å². The van der Waals surface area contributed by atoms with Gasteiger partial charge in [0.05, 0.1) is 11.5 Å². The van der Waals surface area contributed by atoms with Crippen molar-refractivity contribution < 1.29 is 38.6 Å². The Hall–Kier alpha value is -2.94. The number of aliphatic hydroxyl groups is 1. The zero-order chi connectivity index (χ0) is 22.3. The van der Waals surface area contributed by atoms with Crippen LogP contribution in [0.25, 0.3) is 0 Å². The predicted octanol–water partition coefficient (Wildman–Crippen LogP) is -0.108. The molecule has 6 atom stereocenters. The average molecular weight is 417 g/mol. The largest absolute Gasteiger partial charge is 0.507 e. The van der Waals surface area contributed by atoms with Crippen molar-refractivity contribution in [2.24, 2.45) is 29.4 Å². The number of halogens is 1. The molecular formula is C21H20FNO7. The number of hydrogen-bond acceptors (Lipinski definition) is 7. The van der Waals surface area contributed by atoms with Crippen molar-refractivity contribution in [2.75, 3.05) is 0 Å². The number of ketones is 4. The smallest absolute Gasteiger partial charge is 0.235 e. The number of carbonyl (C=O) groups is 5. The second-order valence-corrected chi connectivity index (χ2v) is 8.47. The lowest BCUT2D eigenvalue weighted by Crippen LogP contribution is -2.71. The highest BCUT2D eigenvalue weighted by Crippen LogP contribution is 2.51. The standard InChI is InChI=1S/C21H20FNO7/c1-6-3-7(2)16(25)12-8(6)4-9-13(17(12)26)18(27)21(30)10(15(9)22)5-11(24)14(19(21)28)20(23)29/h3,9-10,13-15,25,30H,4-5H2,1-2H3,(H2,23,29). The lowest BCUT2D eigenvalue weighted by atomic mass is 9.53. The van der Waals surface area contributed by atoms with Crippen molar-refractivity contribution in [3.63, 3.8) is 0 Å². The van der Waals surface area contributed by atoms with E-state index in [0.29, 0.717) is 16.7 Å². The second kappa shape index (κ2) is 6.28. The summed E-state index contributed by atoms with van der Waals surface area (Å²) in [6, 6.07) is 1.64. The van der Waals surface area contributed by atoms with E-state index in [0.717, 1.165) is 0 Å². The molecule has 0 aromatic heterocycles. The molecule has 0 radical (unpaired) electrons. The summed E-state index contributed by atoms with van der Waals surface area (Å²) < 4.78 is 15.6. The second-order valence-electron chi connectivity index (χ2n) is 8.47. The van der Waals surface area contributed by atoms with E-state index in [1.165, 1.54) is 0 Å². The molecule has 2 fully saturated rings. The SMILES string of the molecule is Cc1cc(C)c2c(c1O)C(=O)C1C(=O)C3(O)C(=O)C(C(N)=O)C(=O)CC3C(F)C1C2. The van der Waals surface area contributed by atoms with E-state index in [4.69, 9.17) is 5.73 Å². The Morgan fingerprint density at radius 2 is 1.77 bits per heavy atom. The van der Waals surface area contributed by atoms with Crippen LogP contribution in [0.15, 0.2) is 6.07 Å². The lowest BCUT2D eigenvalue weighted by Gasteiger charge is -2.50. The Bertz CT molecular complexity index is 1060. The highest BCUT2D eigenvalue weighted by Gasteiger charge is 2.69. The molecule has 3 aliphatic carbocycles. The summed E-state index contributed by atoms with van der Waals surface area (Å²) in [5.41, 5.74) is 3.39. The van der Waals surface area contributed by atoms with Gasteiger partial charge in [-0.25, -0.2) is 4.39 Å². The van der Waals surface area contributed by atoms with Crippen molar-refractivity contribution in [1.29, 1.82) is 0 Å². The normalized spacial score (nSPS) is 35.5. The topological polar surface area (TPSA) is 152 Å². The quantitative estimate of drug-likeness (QED) is 0.539. The van der Waals surface area contributed by atoms with Crippen molar-refractivity contribution >= 4 is 29.0 Å². The molecule has 1 aromatic carbocycles. The van der Waals surface area contributed by atoms with Crippen LogP contribution in [0.3, 0.4) is 0 Å². The molecule has 0 heterocycles. The van der Waals surface area contributed by atoms with Gasteiger partial charge in [-0.3, -0.25) is 24.0 Å². The molecule has 3 aliphatic rings. The average Bonchev–Trinajstić information content (AvgIpc) is 2.66. The fourth-order valence-corrected chi connectivity index (χ4v) is 5.36. The number of carbonyl (C=O) groups excluding carboxylic acids is 5. The third-order valence-electron chi connectivity index (χ3n) is 6.87. The van der Waals surface area contributed by atoms with Crippen LogP contribution in [-0.4, -0.2) is 51.0 Å². The van der Waals surface area contributed by atoms with Crippen LogP contribution in [0.5, 0.6) is 5.75 Å². The molecule has 4 N–H and O–H groups in total. The molecule has 6 unspecified atom stereocenters. The Kier molecular flexibility index (Phi) is 4.26. The highest BCUT2D eigenvalue weighted by atomic mass is 19.1. The number of amides is 1. The van der Waals surface area contributed by atoms with Gasteiger partial charge in [0.15, 0.2) is 34.7 Å². The molecular weight excluding hydrogens is 397 g/mol. The van der Waals surface area contributed by atoms with Gasteiger partial charge in [0.25, 0.3) is 0 Å². The van der Waals surface area contributed by atoms with Gasteiger partial charge in [-0.05, 0) is 37.0 Å². The molecule has 0 bridgehead atoms. The monoisotopic (exact) mass is 417 g/mol. The minimum Gasteiger partial charge on any atom is -0.507 e. The van der Waals surface area contributed by atoms with Crippen molar-refractivity contribution in [3.05, 3.63) is 28.3 Å². The molecule has 4 rings (SSSR count). The van der Waals surface area contributed by atoms with Crippen LogP contribution in [0.2, 0.25) is 0 Å². The van der Waals surface area contributed by atoms with Crippen LogP contribution in [0, 0.1) is 37.5 Å². The van der Waals surface area contributed by atoms with Gasteiger partial charge in [0.1, 0.15) is 11.9 Å². The minimum absolute atomic E-state index is 0.0769. The Balaban J connectivity index is 1.89. The van der Waals surface area contributed by atoms with E-state index < -0.39 is 70.9 Å². The van der Waals surface area contributed by atoms with E-state index in [1.807, 2.05) is 0 Å². The third-order valence-corrected chi connectivity index (χ3v) is 6.87. The van der Waals surface area contributed by atoms with Crippen LogP contribution < -0.4 is 5.73 Å². The first-order valence-corrected chi connectivity index (χ1v) is 9.56. The maximum Gasteiger partial charge on any atom is 0.235 e. The summed E-state index contributed by atoms with van der Waals surface area (Å²) in [4.78, 5) is 63.0.